The third-order valence-electron chi connectivity index (χ3n) is 9.52. The summed E-state index contributed by atoms with van der Waals surface area (Å²) >= 11 is 0. The predicted octanol–water partition coefficient (Wildman–Crippen LogP) is 10.5. The summed E-state index contributed by atoms with van der Waals surface area (Å²) in [5, 5.41) is 5.34. The number of rotatable bonds is 3. The molecule has 0 nitrogen and oxygen atoms in total. The van der Waals surface area contributed by atoms with Gasteiger partial charge < -0.3 is 0 Å². The summed E-state index contributed by atoms with van der Waals surface area (Å²) in [6, 6.07) is 36.5. The van der Waals surface area contributed by atoms with E-state index in [1.54, 1.807) is 0 Å². The van der Waals surface area contributed by atoms with Gasteiger partial charge in [0.25, 0.3) is 0 Å². The molecule has 0 heterocycles. The largest absolute Gasteiger partial charge is 0.0839 e. The standard InChI is InChI=1S/C40H32/c1-27-26-28-14-8-9-19-32(28)38-31(27)21-12-22-33(38)34-23-13-25-37-39(34)35-20-10-11-24-36(35)40(37,29-15-4-2-5-16-29)30-17-6-3-7-18-30/h2,4-6,8-23,25-26,36H,3,7,24H2,1H3. The van der Waals surface area contributed by atoms with Crippen LogP contribution in [0.2, 0.25) is 0 Å². The molecule has 0 amide bonds. The monoisotopic (exact) mass is 512 g/mol. The molecule has 0 bridgehead atoms. The van der Waals surface area contributed by atoms with E-state index >= 15 is 0 Å². The van der Waals surface area contributed by atoms with Crippen molar-refractivity contribution in [3.63, 3.8) is 0 Å². The van der Waals surface area contributed by atoms with Gasteiger partial charge in [0.15, 0.2) is 0 Å². The lowest BCUT2D eigenvalue weighted by Gasteiger charge is -2.40. The van der Waals surface area contributed by atoms with Gasteiger partial charge in [-0.2, -0.15) is 0 Å². The first kappa shape index (κ1) is 23.5. The van der Waals surface area contributed by atoms with Gasteiger partial charge in [0, 0.05) is 5.92 Å². The van der Waals surface area contributed by atoms with Crippen LogP contribution in [0, 0.1) is 12.8 Å². The lowest BCUT2D eigenvalue weighted by molar-refractivity contribution is 0.480. The van der Waals surface area contributed by atoms with Crippen LogP contribution in [0.1, 0.15) is 41.5 Å². The van der Waals surface area contributed by atoms with Gasteiger partial charge in [-0.3, -0.25) is 0 Å². The van der Waals surface area contributed by atoms with E-state index in [4.69, 9.17) is 0 Å². The maximum Gasteiger partial charge on any atom is 0.0525 e. The van der Waals surface area contributed by atoms with Crippen LogP contribution >= 0.6 is 0 Å². The maximum atomic E-state index is 2.51. The molecule has 0 saturated carbocycles. The first-order valence-electron chi connectivity index (χ1n) is 14.6. The van der Waals surface area contributed by atoms with Gasteiger partial charge >= 0.3 is 0 Å². The molecule has 3 aliphatic rings. The normalized spacial score (nSPS) is 21.3. The van der Waals surface area contributed by atoms with Gasteiger partial charge in [-0.15, -0.1) is 0 Å². The summed E-state index contributed by atoms with van der Waals surface area (Å²) in [7, 11) is 0. The molecule has 0 radical (unpaired) electrons. The Kier molecular flexibility index (Phi) is 5.32. The second-order valence-electron chi connectivity index (χ2n) is 11.5. The van der Waals surface area contributed by atoms with Crippen LogP contribution in [0.25, 0.3) is 38.2 Å². The van der Waals surface area contributed by atoms with Crippen LogP contribution in [-0.2, 0) is 5.41 Å². The van der Waals surface area contributed by atoms with E-state index < -0.39 is 0 Å². The number of hydrogen-bond donors (Lipinski definition) is 0. The van der Waals surface area contributed by atoms with E-state index in [-0.39, 0.29) is 5.41 Å². The third kappa shape index (κ3) is 3.20. The molecule has 0 aromatic heterocycles. The quantitative estimate of drug-likeness (QED) is 0.211. The Labute approximate surface area is 236 Å². The average molecular weight is 513 g/mol. The minimum atomic E-state index is -0.206. The number of hydrogen-bond acceptors (Lipinski definition) is 0. The van der Waals surface area contributed by atoms with Crippen molar-refractivity contribution in [1.29, 1.82) is 0 Å². The summed E-state index contributed by atoms with van der Waals surface area (Å²) in [6.45, 7) is 2.25. The summed E-state index contributed by atoms with van der Waals surface area (Å²) in [6.07, 6.45) is 17.6. The zero-order valence-electron chi connectivity index (χ0n) is 22.9. The minimum absolute atomic E-state index is 0.206. The second-order valence-corrected chi connectivity index (χ2v) is 11.5. The van der Waals surface area contributed by atoms with Crippen molar-refractivity contribution in [2.45, 2.75) is 31.6 Å². The van der Waals surface area contributed by atoms with E-state index in [2.05, 4.69) is 140 Å². The number of allylic oxidation sites excluding steroid dienone is 8. The van der Waals surface area contributed by atoms with E-state index in [0.29, 0.717) is 5.92 Å². The van der Waals surface area contributed by atoms with Gasteiger partial charge in [-0.25, -0.2) is 0 Å². The number of fused-ring (bicyclic) bond motifs is 6. The maximum absolute atomic E-state index is 2.51. The fourth-order valence-corrected chi connectivity index (χ4v) is 7.95. The van der Waals surface area contributed by atoms with E-state index in [1.165, 1.54) is 66.1 Å². The molecule has 8 rings (SSSR count). The smallest absolute Gasteiger partial charge is 0.0525 e. The summed E-state index contributed by atoms with van der Waals surface area (Å²) in [4.78, 5) is 0. The minimum Gasteiger partial charge on any atom is -0.0839 e. The molecule has 0 saturated heterocycles. The highest BCUT2D eigenvalue weighted by molar-refractivity contribution is 6.16. The summed E-state index contributed by atoms with van der Waals surface area (Å²) in [5.41, 5.74) is 11.0. The zero-order valence-corrected chi connectivity index (χ0v) is 22.9. The molecule has 192 valence electrons. The topological polar surface area (TPSA) is 0 Å². The molecule has 0 N–H and O–H groups in total. The van der Waals surface area contributed by atoms with Crippen molar-refractivity contribution >= 4 is 27.1 Å². The van der Waals surface area contributed by atoms with Crippen LogP contribution in [0.5, 0.6) is 0 Å². The fourth-order valence-electron chi connectivity index (χ4n) is 7.95. The Balaban J connectivity index is 1.51. The van der Waals surface area contributed by atoms with Crippen molar-refractivity contribution in [3.05, 3.63) is 161 Å². The van der Waals surface area contributed by atoms with Gasteiger partial charge in [-0.1, -0.05) is 134 Å². The lowest BCUT2D eigenvalue weighted by atomic mass is 9.62. The van der Waals surface area contributed by atoms with Crippen LogP contribution in [0.4, 0.5) is 0 Å². The van der Waals surface area contributed by atoms with Crippen LogP contribution < -0.4 is 0 Å². The van der Waals surface area contributed by atoms with E-state index in [1.807, 2.05) is 0 Å². The van der Waals surface area contributed by atoms with Crippen LogP contribution in [-0.4, -0.2) is 0 Å². The van der Waals surface area contributed by atoms with Crippen molar-refractivity contribution in [1.82, 2.24) is 0 Å². The Morgan fingerprint density at radius 2 is 1.52 bits per heavy atom. The van der Waals surface area contributed by atoms with Gasteiger partial charge in [0.2, 0.25) is 0 Å². The molecule has 5 aromatic carbocycles. The highest BCUT2D eigenvalue weighted by Gasteiger charge is 2.52. The SMILES string of the molecule is Cc1cc2ccccc2c2c(-c3cccc4c3C3=CC=CCC3C4(C3=CCCC=C3)c3ccccc3)cccc12. The average Bonchev–Trinajstić information content (AvgIpc) is 3.33. The van der Waals surface area contributed by atoms with E-state index in [9.17, 15) is 0 Å². The molecule has 0 heteroatoms. The lowest BCUT2D eigenvalue weighted by Crippen LogP contribution is -2.35. The highest BCUT2D eigenvalue weighted by Crippen LogP contribution is 2.62. The van der Waals surface area contributed by atoms with Gasteiger partial charge in [0.05, 0.1) is 5.41 Å². The molecular formula is C40H32. The predicted molar refractivity (Wildman–Crippen MR) is 171 cm³/mol. The molecule has 0 spiro atoms. The second kappa shape index (κ2) is 9.07. The summed E-state index contributed by atoms with van der Waals surface area (Å²) in [5.74, 6) is 0.360. The molecule has 2 atom stereocenters. The molecule has 2 unspecified atom stereocenters. The Morgan fingerprint density at radius 3 is 2.40 bits per heavy atom. The zero-order chi connectivity index (χ0) is 26.7. The van der Waals surface area contributed by atoms with Crippen molar-refractivity contribution in [3.8, 4) is 11.1 Å². The molecular weight excluding hydrogens is 480 g/mol. The van der Waals surface area contributed by atoms with Crippen molar-refractivity contribution in [2.24, 2.45) is 5.92 Å². The molecule has 0 fully saturated rings. The highest BCUT2D eigenvalue weighted by atomic mass is 14.5. The Hall–Kier alpha value is -4.42. The third-order valence-corrected chi connectivity index (χ3v) is 9.52. The molecule has 40 heavy (non-hydrogen) atoms. The Morgan fingerprint density at radius 1 is 0.725 bits per heavy atom. The molecule has 3 aliphatic carbocycles. The first-order chi connectivity index (χ1) is 19.8. The molecule has 0 aliphatic heterocycles. The van der Waals surface area contributed by atoms with Crippen LogP contribution in [0.15, 0.2) is 139 Å². The Bertz CT molecular complexity index is 1930. The molecule has 5 aromatic rings. The fraction of sp³-hybridized carbons (Fsp3) is 0.150. The first-order valence-corrected chi connectivity index (χ1v) is 14.6. The van der Waals surface area contributed by atoms with Crippen LogP contribution in [0.3, 0.4) is 0 Å². The van der Waals surface area contributed by atoms with E-state index in [0.717, 1.165) is 19.3 Å². The van der Waals surface area contributed by atoms with Gasteiger partial charge in [-0.05, 0) is 92.3 Å². The number of aryl methyl sites for hydroxylation is 1. The van der Waals surface area contributed by atoms with Gasteiger partial charge in [0.1, 0.15) is 0 Å². The van der Waals surface area contributed by atoms with Crippen molar-refractivity contribution < 1.29 is 0 Å². The number of benzene rings is 5. The van der Waals surface area contributed by atoms with Crippen molar-refractivity contribution in [2.75, 3.05) is 0 Å². The summed E-state index contributed by atoms with van der Waals surface area (Å²) < 4.78 is 0.